The number of benzene rings is 3. The lowest BCUT2D eigenvalue weighted by atomic mass is 9.99. The Morgan fingerprint density at radius 3 is 1.86 bits per heavy atom. The van der Waals surface area contributed by atoms with Crippen molar-refractivity contribution in [3.8, 4) is 11.1 Å². The highest BCUT2D eigenvalue weighted by molar-refractivity contribution is 5.67. The molecule has 28 heavy (non-hydrogen) atoms. The fourth-order valence-electron chi connectivity index (χ4n) is 3.07. The predicted octanol–water partition coefficient (Wildman–Crippen LogP) is 8.05. The summed E-state index contributed by atoms with van der Waals surface area (Å²) in [6.45, 7) is 6.64. The standard InChI is InChI=1S/C28H28/c1-22(2)25(18-14-23(3)26-10-6-4-7-11-26)19-15-24-16-20-28(21-17-24)27-12-8-5-9-13-27/h4-22H,1-3H3/b19-15+,23-14+,25-18-. The highest BCUT2D eigenvalue weighted by atomic mass is 14.1. The van der Waals surface area contributed by atoms with Crippen molar-refractivity contribution in [1.29, 1.82) is 0 Å². The van der Waals surface area contributed by atoms with Gasteiger partial charge in [0.1, 0.15) is 0 Å². The quantitative estimate of drug-likeness (QED) is 0.388. The molecule has 0 nitrogen and oxygen atoms in total. The van der Waals surface area contributed by atoms with Gasteiger partial charge in [0.2, 0.25) is 0 Å². The molecule has 0 spiro atoms. The van der Waals surface area contributed by atoms with Crippen molar-refractivity contribution in [2.75, 3.05) is 0 Å². The van der Waals surface area contributed by atoms with Crippen molar-refractivity contribution in [2.24, 2.45) is 5.92 Å². The Hall–Kier alpha value is -3.12. The first-order chi connectivity index (χ1) is 13.6. The van der Waals surface area contributed by atoms with Gasteiger partial charge >= 0.3 is 0 Å². The van der Waals surface area contributed by atoms with Gasteiger partial charge in [-0.1, -0.05) is 123 Å². The van der Waals surface area contributed by atoms with Gasteiger partial charge < -0.3 is 0 Å². The van der Waals surface area contributed by atoms with Gasteiger partial charge in [0.25, 0.3) is 0 Å². The van der Waals surface area contributed by atoms with E-state index < -0.39 is 0 Å². The van der Waals surface area contributed by atoms with Crippen LogP contribution < -0.4 is 0 Å². The molecule has 140 valence electrons. The van der Waals surface area contributed by atoms with Gasteiger partial charge in [0.15, 0.2) is 0 Å². The van der Waals surface area contributed by atoms with E-state index in [4.69, 9.17) is 0 Å². The average molecular weight is 365 g/mol. The molecule has 0 saturated carbocycles. The van der Waals surface area contributed by atoms with E-state index in [-0.39, 0.29) is 0 Å². The summed E-state index contributed by atoms with van der Waals surface area (Å²) < 4.78 is 0. The summed E-state index contributed by atoms with van der Waals surface area (Å²) in [6.07, 6.45) is 8.89. The first kappa shape index (κ1) is 19.6. The second-order valence-electron chi connectivity index (χ2n) is 7.36. The molecule has 0 atom stereocenters. The Morgan fingerprint density at radius 1 is 0.679 bits per heavy atom. The SMILES string of the molecule is C\C(=C/C=C(/C=C/c1ccc(-c2ccccc2)cc1)C(C)C)c1ccccc1. The van der Waals surface area contributed by atoms with Crippen LogP contribution >= 0.6 is 0 Å². The molecular weight excluding hydrogens is 336 g/mol. The van der Waals surface area contributed by atoms with Crippen molar-refractivity contribution in [3.63, 3.8) is 0 Å². The minimum atomic E-state index is 0.472. The molecule has 0 aliphatic carbocycles. The summed E-state index contributed by atoms with van der Waals surface area (Å²) in [6, 6.07) is 29.8. The van der Waals surface area contributed by atoms with Gasteiger partial charge in [0.05, 0.1) is 0 Å². The second kappa shape index (κ2) is 9.71. The van der Waals surface area contributed by atoms with Gasteiger partial charge in [-0.3, -0.25) is 0 Å². The maximum atomic E-state index is 2.24. The van der Waals surface area contributed by atoms with Crippen LogP contribution in [-0.2, 0) is 0 Å². The lowest BCUT2D eigenvalue weighted by Gasteiger charge is -2.07. The van der Waals surface area contributed by atoms with Gasteiger partial charge in [-0.2, -0.15) is 0 Å². The van der Waals surface area contributed by atoms with Crippen molar-refractivity contribution < 1.29 is 0 Å². The van der Waals surface area contributed by atoms with Crippen molar-refractivity contribution in [3.05, 3.63) is 120 Å². The van der Waals surface area contributed by atoms with E-state index in [0.717, 1.165) is 0 Å². The summed E-state index contributed by atoms with van der Waals surface area (Å²) in [7, 11) is 0. The van der Waals surface area contributed by atoms with E-state index in [9.17, 15) is 0 Å². The molecule has 0 N–H and O–H groups in total. The molecule has 3 aromatic rings. The van der Waals surface area contributed by atoms with E-state index in [2.05, 4.69) is 124 Å². The van der Waals surface area contributed by atoms with Crippen LogP contribution in [0.1, 0.15) is 31.9 Å². The highest BCUT2D eigenvalue weighted by Crippen LogP contribution is 2.21. The Kier molecular flexibility index (Phi) is 6.81. The van der Waals surface area contributed by atoms with Crippen molar-refractivity contribution in [1.82, 2.24) is 0 Å². The minimum Gasteiger partial charge on any atom is -0.0622 e. The average Bonchev–Trinajstić information content (AvgIpc) is 2.75. The fourth-order valence-corrected chi connectivity index (χ4v) is 3.07. The van der Waals surface area contributed by atoms with Crippen LogP contribution in [0, 0.1) is 5.92 Å². The van der Waals surface area contributed by atoms with Crippen LogP contribution in [0.5, 0.6) is 0 Å². The molecule has 0 fully saturated rings. The third-order valence-electron chi connectivity index (χ3n) is 4.91. The molecule has 3 aromatic carbocycles. The van der Waals surface area contributed by atoms with E-state index in [1.165, 1.54) is 33.4 Å². The number of hydrogen-bond acceptors (Lipinski definition) is 0. The zero-order valence-electron chi connectivity index (χ0n) is 17.0. The topological polar surface area (TPSA) is 0 Å². The number of allylic oxidation sites excluding steroid dienone is 5. The van der Waals surface area contributed by atoms with E-state index >= 15 is 0 Å². The fraction of sp³-hybridized carbons (Fsp3) is 0.143. The van der Waals surface area contributed by atoms with Gasteiger partial charge in [0, 0.05) is 0 Å². The Bertz CT molecular complexity index is 954. The number of rotatable bonds is 6. The van der Waals surface area contributed by atoms with Crippen LogP contribution in [0.2, 0.25) is 0 Å². The van der Waals surface area contributed by atoms with Crippen molar-refractivity contribution in [2.45, 2.75) is 20.8 Å². The summed E-state index contributed by atoms with van der Waals surface area (Å²) in [5.74, 6) is 0.472. The lowest BCUT2D eigenvalue weighted by molar-refractivity contribution is 0.793. The molecule has 0 unspecified atom stereocenters. The molecule has 0 aliphatic heterocycles. The third kappa shape index (κ3) is 5.44. The van der Waals surface area contributed by atoms with E-state index in [0.29, 0.717) is 5.92 Å². The van der Waals surface area contributed by atoms with Crippen LogP contribution in [-0.4, -0.2) is 0 Å². The molecule has 0 bridgehead atoms. The largest absolute Gasteiger partial charge is 0.0622 e. The molecule has 0 aromatic heterocycles. The Labute approximate surface area is 169 Å². The molecular formula is C28H28. The molecule has 0 saturated heterocycles. The lowest BCUT2D eigenvalue weighted by Crippen LogP contribution is -1.90. The Morgan fingerprint density at radius 2 is 1.25 bits per heavy atom. The zero-order chi connectivity index (χ0) is 19.8. The maximum Gasteiger partial charge on any atom is -0.0184 e. The highest BCUT2D eigenvalue weighted by Gasteiger charge is 2.00. The van der Waals surface area contributed by atoms with E-state index in [1.54, 1.807) is 0 Å². The molecule has 0 radical (unpaired) electrons. The van der Waals surface area contributed by atoms with Gasteiger partial charge in [-0.15, -0.1) is 0 Å². The number of hydrogen-bond donors (Lipinski definition) is 0. The smallest absolute Gasteiger partial charge is 0.0184 e. The molecule has 0 aliphatic rings. The van der Waals surface area contributed by atoms with Crippen molar-refractivity contribution >= 4 is 11.6 Å². The first-order valence-electron chi connectivity index (χ1n) is 9.91. The van der Waals surface area contributed by atoms with Crippen LogP contribution in [0.3, 0.4) is 0 Å². The minimum absolute atomic E-state index is 0.472. The molecule has 0 amide bonds. The second-order valence-corrected chi connectivity index (χ2v) is 7.36. The third-order valence-corrected chi connectivity index (χ3v) is 4.91. The van der Waals surface area contributed by atoms with Gasteiger partial charge in [-0.05, 0) is 46.2 Å². The van der Waals surface area contributed by atoms with Crippen LogP contribution in [0.25, 0.3) is 22.8 Å². The molecule has 3 rings (SSSR count). The molecule has 0 heterocycles. The first-order valence-corrected chi connectivity index (χ1v) is 9.91. The van der Waals surface area contributed by atoms with E-state index in [1.807, 2.05) is 6.07 Å². The maximum absolute atomic E-state index is 2.24. The summed E-state index contributed by atoms with van der Waals surface area (Å²) in [5, 5.41) is 0. The summed E-state index contributed by atoms with van der Waals surface area (Å²) in [4.78, 5) is 0. The normalized spacial score (nSPS) is 12.7. The van der Waals surface area contributed by atoms with Gasteiger partial charge in [-0.25, -0.2) is 0 Å². The Balaban J connectivity index is 1.76. The van der Waals surface area contributed by atoms with Crippen LogP contribution in [0.15, 0.2) is 109 Å². The predicted molar refractivity (Wildman–Crippen MR) is 124 cm³/mol. The summed E-state index contributed by atoms with van der Waals surface area (Å²) >= 11 is 0. The summed E-state index contributed by atoms with van der Waals surface area (Å²) in [5.41, 5.74) is 7.58. The molecule has 0 heteroatoms. The van der Waals surface area contributed by atoms with Crippen LogP contribution in [0.4, 0.5) is 0 Å². The zero-order valence-corrected chi connectivity index (χ0v) is 17.0. The monoisotopic (exact) mass is 364 g/mol.